The van der Waals surface area contributed by atoms with Gasteiger partial charge in [0.05, 0.1) is 10.4 Å². The SMILES string of the molecule is Cc1ccc(CNC(=O)c2cc3cc(C(F)(F)F)ccc3s2)cc1. The van der Waals surface area contributed by atoms with Crippen LogP contribution >= 0.6 is 11.3 Å². The molecule has 3 aromatic rings. The minimum Gasteiger partial charge on any atom is -0.347 e. The first-order chi connectivity index (χ1) is 11.3. The van der Waals surface area contributed by atoms with Crippen molar-refractivity contribution in [2.45, 2.75) is 19.6 Å². The Morgan fingerprint density at radius 3 is 2.46 bits per heavy atom. The maximum atomic E-state index is 12.7. The molecule has 1 aromatic heterocycles. The van der Waals surface area contributed by atoms with Gasteiger partial charge in [0.2, 0.25) is 0 Å². The van der Waals surface area contributed by atoms with E-state index in [0.29, 0.717) is 21.5 Å². The van der Waals surface area contributed by atoms with Gasteiger partial charge in [-0.1, -0.05) is 29.8 Å². The quantitative estimate of drug-likeness (QED) is 0.695. The Kier molecular flexibility index (Phi) is 4.32. The Morgan fingerprint density at radius 2 is 1.79 bits per heavy atom. The van der Waals surface area contributed by atoms with Crippen LogP contribution in [0, 0.1) is 6.92 Å². The summed E-state index contributed by atoms with van der Waals surface area (Å²) < 4.78 is 38.9. The normalized spacial score (nSPS) is 11.7. The first kappa shape index (κ1) is 16.5. The van der Waals surface area contributed by atoms with E-state index >= 15 is 0 Å². The number of thiophene rings is 1. The number of rotatable bonds is 3. The lowest BCUT2D eigenvalue weighted by Gasteiger charge is -2.05. The highest BCUT2D eigenvalue weighted by Gasteiger charge is 2.30. The van der Waals surface area contributed by atoms with Gasteiger partial charge in [-0.3, -0.25) is 4.79 Å². The fourth-order valence-corrected chi connectivity index (χ4v) is 3.27. The Balaban J connectivity index is 1.76. The Hall–Kier alpha value is -2.34. The maximum Gasteiger partial charge on any atom is 0.416 e. The smallest absolute Gasteiger partial charge is 0.347 e. The Morgan fingerprint density at radius 1 is 1.08 bits per heavy atom. The number of carbonyl (C=O) groups excluding carboxylic acids is 1. The van der Waals surface area contributed by atoms with Crippen molar-refractivity contribution < 1.29 is 18.0 Å². The summed E-state index contributed by atoms with van der Waals surface area (Å²) in [6.07, 6.45) is -4.38. The lowest BCUT2D eigenvalue weighted by atomic mass is 10.1. The minimum atomic E-state index is -4.38. The maximum absolute atomic E-state index is 12.7. The molecule has 0 atom stereocenters. The second kappa shape index (κ2) is 6.28. The van der Waals surface area contributed by atoms with Crippen LogP contribution < -0.4 is 5.32 Å². The zero-order valence-corrected chi connectivity index (χ0v) is 13.6. The number of fused-ring (bicyclic) bond motifs is 1. The van der Waals surface area contributed by atoms with Gasteiger partial charge < -0.3 is 5.32 Å². The van der Waals surface area contributed by atoms with Crippen LogP contribution in [0.5, 0.6) is 0 Å². The van der Waals surface area contributed by atoms with Crippen molar-refractivity contribution in [2.24, 2.45) is 0 Å². The van der Waals surface area contributed by atoms with E-state index in [9.17, 15) is 18.0 Å². The standard InChI is InChI=1S/C18H14F3NOS/c1-11-2-4-12(5-3-11)10-22-17(23)16-9-13-8-14(18(19,20)21)6-7-15(13)24-16/h2-9H,10H2,1H3,(H,22,23). The molecule has 2 nitrogen and oxygen atoms in total. The van der Waals surface area contributed by atoms with E-state index in [1.165, 1.54) is 23.5 Å². The predicted octanol–water partition coefficient (Wildman–Crippen LogP) is 5.16. The average molecular weight is 349 g/mol. The first-order valence-electron chi connectivity index (χ1n) is 7.27. The predicted molar refractivity (Wildman–Crippen MR) is 89.2 cm³/mol. The van der Waals surface area contributed by atoms with Crippen molar-refractivity contribution in [1.29, 1.82) is 0 Å². The van der Waals surface area contributed by atoms with Crippen molar-refractivity contribution in [1.82, 2.24) is 5.32 Å². The molecule has 124 valence electrons. The molecule has 0 fully saturated rings. The van der Waals surface area contributed by atoms with Crippen molar-refractivity contribution in [3.05, 3.63) is 70.1 Å². The number of nitrogens with one attached hydrogen (secondary N) is 1. The number of amides is 1. The van der Waals surface area contributed by atoms with E-state index in [-0.39, 0.29) is 5.91 Å². The van der Waals surface area contributed by atoms with E-state index in [4.69, 9.17) is 0 Å². The summed E-state index contributed by atoms with van der Waals surface area (Å²) in [4.78, 5) is 12.6. The van der Waals surface area contributed by atoms with Crippen LogP contribution in [-0.4, -0.2) is 5.91 Å². The van der Waals surface area contributed by atoms with Gasteiger partial charge in [-0.25, -0.2) is 0 Å². The topological polar surface area (TPSA) is 29.1 Å². The monoisotopic (exact) mass is 349 g/mol. The molecule has 0 bridgehead atoms. The molecule has 0 radical (unpaired) electrons. The second-order valence-electron chi connectivity index (χ2n) is 5.53. The molecule has 1 N–H and O–H groups in total. The molecule has 1 amide bonds. The third-order valence-corrected chi connectivity index (χ3v) is 4.76. The molecule has 2 aromatic carbocycles. The van der Waals surface area contributed by atoms with Gasteiger partial charge in [0.25, 0.3) is 5.91 Å². The van der Waals surface area contributed by atoms with E-state index in [0.717, 1.165) is 23.3 Å². The molecule has 0 aliphatic heterocycles. The number of halogens is 3. The molecule has 0 unspecified atom stereocenters. The first-order valence-corrected chi connectivity index (χ1v) is 8.09. The molecular weight excluding hydrogens is 335 g/mol. The van der Waals surface area contributed by atoms with Gasteiger partial charge in [-0.15, -0.1) is 11.3 Å². The van der Waals surface area contributed by atoms with Crippen LogP contribution in [-0.2, 0) is 12.7 Å². The fourth-order valence-electron chi connectivity index (χ4n) is 2.31. The van der Waals surface area contributed by atoms with E-state index in [2.05, 4.69) is 5.32 Å². The number of benzene rings is 2. The number of hydrogen-bond acceptors (Lipinski definition) is 2. The summed E-state index contributed by atoms with van der Waals surface area (Å²) in [5.74, 6) is -0.287. The van der Waals surface area contributed by atoms with Crippen molar-refractivity contribution in [3.8, 4) is 0 Å². The number of alkyl halides is 3. The van der Waals surface area contributed by atoms with Crippen LogP contribution in [0.3, 0.4) is 0 Å². The molecule has 0 saturated carbocycles. The van der Waals surface area contributed by atoms with E-state index in [1.807, 2.05) is 31.2 Å². The highest BCUT2D eigenvalue weighted by molar-refractivity contribution is 7.20. The molecule has 24 heavy (non-hydrogen) atoms. The lowest BCUT2D eigenvalue weighted by molar-refractivity contribution is -0.137. The minimum absolute atomic E-state index is 0.287. The lowest BCUT2D eigenvalue weighted by Crippen LogP contribution is -2.21. The summed E-state index contributed by atoms with van der Waals surface area (Å²) in [5.41, 5.74) is 1.39. The summed E-state index contributed by atoms with van der Waals surface area (Å²) in [7, 11) is 0. The molecule has 6 heteroatoms. The summed E-state index contributed by atoms with van der Waals surface area (Å²) >= 11 is 1.18. The zero-order valence-electron chi connectivity index (χ0n) is 12.8. The molecular formula is C18H14F3NOS. The van der Waals surface area contributed by atoms with Crippen molar-refractivity contribution >= 4 is 27.3 Å². The molecule has 1 heterocycles. The molecule has 0 aliphatic rings. The molecule has 3 rings (SSSR count). The van der Waals surface area contributed by atoms with Crippen LogP contribution in [0.15, 0.2) is 48.5 Å². The van der Waals surface area contributed by atoms with Gasteiger partial charge in [0.1, 0.15) is 0 Å². The Bertz CT molecular complexity index is 881. The van der Waals surface area contributed by atoms with Gasteiger partial charge >= 0.3 is 6.18 Å². The highest BCUT2D eigenvalue weighted by Crippen LogP contribution is 2.34. The summed E-state index contributed by atoms with van der Waals surface area (Å²) in [6.45, 7) is 2.36. The molecule has 0 aliphatic carbocycles. The number of carbonyl (C=O) groups is 1. The van der Waals surface area contributed by atoms with Crippen LogP contribution in [0.4, 0.5) is 13.2 Å². The van der Waals surface area contributed by atoms with Crippen LogP contribution in [0.1, 0.15) is 26.4 Å². The highest BCUT2D eigenvalue weighted by atomic mass is 32.1. The number of hydrogen-bond donors (Lipinski definition) is 1. The van der Waals surface area contributed by atoms with Gasteiger partial charge in [0.15, 0.2) is 0 Å². The largest absolute Gasteiger partial charge is 0.416 e. The van der Waals surface area contributed by atoms with Gasteiger partial charge in [-0.2, -0.15) is 13.2 Å². The summed E-state index contributed by atoms with van der Waals surface area (Å²) in [6, 6.07) is 12.8. The van der Waals surface area contributed by atoms with Gasteiger partial charge in [-0.05, 0) is 42.1 Å². The molecule has 0 saturated heterocycles. The third-order valence-electron chi connectivity index (χ3n) is 3.64. The average Bonchev–Trinajstić information content (AvgIpc) is 2.96. The fraction of sp³-hybridized carbons (Fsp3) is 0.167. The van der Waals surface area contributed by atoms with Crippen molar-refractivity contribution in [3.63, 3.8) is 0 Å². The third kappa shape index (κ3) is 3.59. The van der Waals surface area contributed by atoms with E-state index in [1.54, 1.807) is 0 Å². The summed E-state index contributed by atoms with van der Waals surface area (Å²) in [5, 5.41) is 3.22. The Labute approximate surface area is 140 Å². The second-order valence-corrected chi connectivity index (χ2v) is 6.61. The van der Waals surface area contributed by atoms with Crippen molar-refractivity contribution in [2.75, 3.05) is 0 Å². The van der Waals surface area contributed by atoms with Gasteiger partial charge in [0, 0.05) is 11.2 Å². The zero-order chi connectivity index (χ0) is 17.3. The van der Waals surface area contributed by atoms with Crippen LogP contribution in [0.2, 0.25) is 0 Å². The molecule has 0 spiro atoms. The van der Waals surface area contributed by atoms with Crippen LogP contribution in [0.25, 0.3) is 10.1 Å². The van der Waals surface area contributed by atoms with E-state index < -0.39 is 11.7 Å². The number of aryl methyl sites for hydroxylation is 1.